The van der Waals surface area contributed by atoms with Crippen molar-refractivity contribution in [3.05, 3.63) is 65.2 Å². The highest BCUT2D eigenvalue weighted by molar-refractivity contribution is 5.45. The van der Waals surface area contributed by atoms with Crippen LogP contribution < -0.4 is 10.1 Å². The smallest absolute Gasteiger partial charge is 0.119 e. The summed E-state index contributed by atoms with van der Waals surface area (Å²) in [5.41, 5.74) is 4.76. The zero-order valence-electron chi connectivity index (χ0n) is 15.3. The molecular formula is C23H29NO. The van der Waals surface area contributed by atoms with E-state index in [1.807, 2.05) is 0 Å². The van der Waals surface area contributed by atoms with Crippen molar-refractivity contribution in [2.75, 3.05) is 13.2 Å². The van der Waals surface area contributed by atoms with E-state index >= 15 is 0 Å². The fourth-order valence-corrected chi connectivity index (χ4v) is 4.62. The Balaban J connectivity index is 1.58. The van der Waals surface area contributed by atoms with Gasteiger partial charge in [-0.3, -0.25) is 0 Å². The molecule has 1 spiro atoms. The molecule has 0 radical (unpaired) electrons. The molecule has 1 heterocycles. The molecule has 2 aromatic rings. The fraction of sp³-hybridized carbons (Fsp3) is 0.478. The molecule has 1 atom stereocenters. The second-order valence-corrected chi connectivity index (χ2v) is 7.66. The van der Waals surface area contributed by atoms with Gasteiger partial charge in [-0.15, -0.1) is 0 Å². The van der Waals surface area contributed by atoms with Gasteiger partial charge in [0.1, 0.15) is 5.75 Å². The predicted octanol–water partition coefficient (Wildman–Crippen LogP) is 5.37. The highest BCUT2D eigenvalue weighted by Crippen LogP contribution is 2.47. The molecule has 25 heavy (non-hydrogen) atoms. The van der Waals surface area contributed by atoms with Crippen LogP contribution >= 0.6 is 0 Å². The van der Waals surface area contributed by atoms with Gasteiger partial charge >= 0.3 is 0 Å². The van der Waals surface area contributed by atoms with Crippen molar-refractivity contribution in [1.82, 2.24) is 5.32 Å². The highest BCUT2D eigenvalue weighted by Gasteiger charge is 2.41. The van der Waals surface area contributed by atoms with Gasteiger partial charge in [-0.1, -0.05) is 62.6 Å². The average molecular weight is 335 g/mol. The van der Waals surface area contributed by atoms with Gasteiger partial charge in [-0.05, 0) is 48.1 Å². The molecule has 2 aliphatic rings. The van der Waals surface area contributed by atoms with E-state index in [4.69, 9.17) is 4.74 Å². The second kappa shape index (κ2) is 7.21. The summed E-state index contributed by atoms with van der Waals surface area (Å²) in [5, 5.41) is 3.86. The van der Waals surface area contributed by atoms with Gasteiger partial charge in [-0.25, -0.2) is 0 Å². The van der Waals surface area contributed by atoms with E-state index in [9.17, 15) is 0 Å². The first-order valence-corrected chi connectivity index (χ1v) is 9.88. The number of benzene rings is 2. The lowest BCUT2D eigenvalue weighted by Crippen LogP contribution is -2.44. The van der Waals surface area contributed by atoms with E-state index in [2.05, 4.69) is 60.8 Å². The van der Waals surface area contributed by atoms with Crippen LogP contribution in [0.3, 0.4) is 0 Å². The molecule has 2 aromatic carbocycles. The molecule has 1 fully saturated rings. The first kappa shape index (κ1) is 16.7. The Hall–Kier alpha value is -1.80. The van der Waals surface area contributed by atoms with E-state index in [-0.39, 0.29) is 0 Å². The SMILES string of the molecule is CCCCOc1ccc([C@H]2NCC3(CCCC3)c3ccccc32)cc1. The lowest BCUT2D eigenvalue weighted by molar-refractivity contribution is 0.309. The van der Waals surface area contributed by atoms with Crippen molar-refractivity contribution in [3.8, 4) is 5.75 Å². The zero-order chi connectivity index (χ0) is 17.1. The Morgan fingerprint density at radius 2 is 1.80 bits per heavy atom. The Bertz CT molecular complexity index is 700. The quantitative estimate of drug-likeness (QED) is 0.742. The molecule has 0 saturated heterocycles. The van der Waals surface area contributed by atoms with Crippen LogP contribution in [0.2, 0.25) is 0 Å². The molecule has 1 aliphatic carbocycles. The third kappa shape index (κ3) is 3.20. The number of hydrogen-bond acceptors (Lipinski definition) is 2. The molecule has 132 valence electrons. The fourth-order valence-electron chi connectivity index (χ4n) is 4.62. The number of hydrogen-bond donors (Lipinski definition) is 1. The van der Waals surface area contributed by atoms with Crippen LogP contribution in [0.5, 0.6) is 5.75 Å². The summed E-state index contributed by atoms with van der Waals surface area (Å²) in [6.07, 6.45) is 7.67. The maximum atomic E-state index is 5.81. The third-order valence-electron chi connectivity index (χ3n) is 6.03. The first-order valence-electron chi connectivity index (χ1n) is 9.88. The van der Waals surface area contributed by atoms with Crippen LogP contribution in [0.15, 0.2) is 48.5 Å². The van der Waals surface area contributed by atoms with E-state index in [0.29, 0.717) is 11.5 Å². The number of unbranched alkanes of at least 4 members (excludes halogenated alkanes) is 1. The Kier molecular flexibility index (Phi) is 4.80. The van der Waals surface area contributed by atoms with E-state index in [1.54, 1.807) is 5.56 Å². The summed E-state index contributed by atoms with van der Waals surface area (Å²) in [6, 6.07) is 18.1. The van der Waals surface area contributed by atoms with Crippen molar-refractivity contribution in [2.24, 2.45) is 0 Å². The summed E-state index contributed by atoms with van der Waals surface area (Å²) >= 11 is 0. The molecule has 1 aliphatic heterocycles. The molecule has 1 saturated carbocycles. The first-order chi connectivity index (χ1) is 12.3. The normalized spacial score (nSPS) is 21.2. The van der Waals surface area contributed by atoms with Crippen LogP contribution in [0, 0.1) is 0 Å². The summed E-state index contributed by atoms with van der Waals surface area (Å²) < 4.78 is 5.81. The van der Waals surface area contributed by atoms with Crippen LogP contribution in [0.25, 0.3) is 0 Å². The zero-order valence-corrected chi connectivity index (χ0v) is 15.3. The van der Waals surface area contributed by atoms with Crippen molar-refractivity contribution >= 4 is 0 Å². The number of nitrogens with one attached hydrogen (secondary N) is 1. The van der Waals surface area contributed by atoms with Crippen molar-refractivity contribution in [2.45, 2.75) is 56.9 Å². The molecule has 0 aromatic heterocycles. The third-order valence-corrected chi connectivity index (χ3v) is 6.03. The predicted molar refractivity (Wildman–Crippen MR) is 103 cm³/mol. The molecular weight excluding hydrogens is 306 g/mol. The minimum Gasteiger partial charge on any atom is -0.494 e. The molecule has 0 unspecified atom stereocenters. The van der Waals surface area contributed by atoms with Crippen LogP contribution in [0.4, 0.5) is 0 Å². The molecule has 2 heteroatoms. The van der Waals surface area contributed by atoms with Gasteiger partial charge in [-0.2, -0.15) is 0 Å². The van der Waals surface area contributed by atoms with Gasteiger partial charge < -0.3 is 10.1 Å². The molecule has 4 rings (SSSR count). The lowest BCUT2D eigenvalue weighted by Gasteiger charge is -2.40. The van der Waals surface area contributed by atoms with Crippen LogP contribution in [-0.2, 0) is 5.41 Å². The molecule has 2 nitrogen and oxygen atoms in total. The standard InChI is InChI=1S/C23H29NO/c1-2-3-16-25-19-12-10-18(11-13-19)22-20-8-4-5-9-21(20)23(17-24-22)14-6-7-15-23/h4-5,8-13,22,24H,2-3,6-7,14-17H2,1H3/t22-/m1/s1. The summed E-state index contributed by atoms with van der Waals surface area (Å²) in [7, 11) is 0. The van der Waals surface area contributed by atoms with E-state index < -0.39 is 0 Å². The van der Waals surface area contributed by atoms with Crippen LogP contribution in [0.1, 0.15) is 68.2 Å². The van der Waals surface area contributed by atoms with Crippen LogP contribution in [-0.4, -0.2) is 13.2 Å². The summed E-state index contributed by atoms with van der Waals surface area (Å²) in [6.45, 7) is 4.10. The average Bonchev–Trinajstić information content (AvgIpc) is 3.13. The minimum atomic E-state index is 0.298. The maximum Gasteiger partial charge on any atom is 0.119 e. The van der Waals surface area contributed by atoms with Crippen molar-refractivity contribution < 1.29 is 4.74 Å². The largest absolute Gasteiger partial charge is 0.494 e. The monoisotopic (exact) mass is 335 g/mol. The molecule has 0 amide bonds. The van der Waals surface area contributed by atoms with E-state index in [0.717, 1.165) is 25.3 Å². The van der Waals surface area contributed by atoms with E-state index in [1.165, 1.54) is 43.2 Å². The Morgan fingerprint density at radius 3 is 2.56 bits per heavy atom. The number of ether oxygens (including phenoxy) is 1. The Morgan fingerprint density at radius 1 is 1.04 bits per heavy atom. The maximum absolute atomic E-state index is 5.81. The molecule has 0 bridgehead atoms. The summed E-state index contributed by atoms with van der Waals surface area (Å²) in [5.74, 6) is 0.980. The molecule has 1 N–H and O–H groups in total. The topological polar surface area (TPSA) is 21.3 Å². The number of fused-ring (bicyclic) bond motifs is 2. The highest BCUT2D eigenvalue weighted by atomic mass is 16.5. The Labute approximate surface area is 151 Å². The van der Waals surface area contributed by atoms with Gasteiger partial charge in [0.2, 0.25) is 0 Å². The second-order valence-electron chi connectivity index (χ2n) is 7.66. The van der Waals surface area contributed by atoms with Gasteiger partial charge in [0.05, 0.1) is 12.6 Å². The lowest BCUT2D eigenvalue weighted by atomic mass is 9.72. The van der Waals surface area contributed by atoms with Gasteiger partial charge in [0.15, 0.2) is 0 Å². The minimum absolute atomic E-state index is 0.298. The van der Waals surface area contributed by atoms with Crippen molar-refractivity contribution in [3.63, 3.8) is 0 Å². The van der Waals surface area contributed by atoms with Crippen molar-refractivity contribution in [1.29, 1.82) is 0 Å². The van der Waals surface area contributed by atoms with Gasteiger partial charge in [0.25, 0.3) is 0 Å². The summed E-state index contributed by atoms with van der Waals surface area (Å²) in [4.78, 5) is 0. The number of rotatable bonds is 5. The van der Waals surface area contributed by atoms with Gasteiger partial charge in [0, 0.05) is 12.0 Å².